The van der Waals surface area contributed by atoms with Crippen LogP contribution in [0.4, 0.5) is 4.39 Å². The van der Waals surface area contributed by atoms with E-state index in [9.17, 15) is 14.0 Å². The summed E-state index contributed by atoms with van der Waals surface area (Å²) < 4.78 is 19.1. The standard InChI is InChI=1S/C22H27FN2O3/c1-4-12-24-22(27)17(3)25(14-18-9-7-8-16(2)13-18)21(26)15-28-20-11-6-5-10-19(20)23/h5-11,13,17H,4,12,14-15H2,1-3H3,(H,24,27)/t17-/m0/s1. The Morgan fingerprint density at radius 1 is 1.18 bits per heavy atom. The molecule has 28 heavy (non-hydrogen) atoms. The molecule has 2 amide bonds. The summed E-state index contributed by atoms with van der Waals surface area (Å²) in [5.41, 5.74) is 1.98. The highest BCUT2D eigenvalue weighted by molar-refractivity contribution is 5.87. The minimum absolute atomic E-state index is 0.00874. The number of hydrogen-bond acceptors (Lipinski definition) is 3. The Balaban J connectivity index is 2.14. The number of amides is 2. The van der Waals surface area contributed by atoms with Crippen LogP contribution in [0.1, 0.15) is 31.4 Å². The normalized spacial score (nSPS) is 11.6. The third kappa shape index (κ3) is 6.08. The average molecular weight is 386 g/mol. The second kappa shape index (κ2) is 10.4. The number of aryl methyl sites for hydroxylation is 1. The fourth-order valence-electron chi connectivity index (χ4n) is 2.77. The molecular weight excluding hydrogens is 359 g/mol. The Morgan fingerprint density at radius 3 is 2.61 bits per heavy atom. The van der Waals surface area contributed by atoms with Crippen molar-refractivity contribution >= 4 is 11.8 Å². The number of rotatable bonds is 9. The lowest BCUT2D eigenvalue weighted by Gasteiger charge is -2.29. The molecule has 0 radical (unpaired) electrons. The van der Waals surface area contributed by atoms with Gasteiger partial charge in [-0.15, -0.1) is 0 Å². The maximum atomic E-state index is 13.7. The summed E-state index contributed by atoms with van der Waals surface area (Å²) >= 11 is 0. The van der Waals surface area contributed by atoms with Crippen LogP contribution in [0.2, 0.25) is 0 Å². The van der Waals surface area contributed by atoms with E-state index in [2.05, 4.69) is 5.32 Å². The SMILES string of the molecule is CCCNC(=O)[C@H](C)N(Cc1cccc(C)c1)C(=O)COc1ccccc1F. The second-order valence-corrected chi connectivity index (χ2v) is 6.70. The molecule has 150 valence electrons. The third-order valence-corrected chi connectivity index (χ3v) is 4.34. The van der Waals surface area contributed by atoms with Crippen LogP contribution in [-0.4, -0.2) is 35.9 Å². The Kier molecular flexibility index (Phi) is 7.99. The van der Waals surface area contributed by atoms with E-state index in [0.29, 0.717) is 6.54 Å². The zero-order valence-corrected chi connectivity index (χ0v) is 16.6. The molecule has 0 heterocycles. The predicted octanol–water partition coefficient (Wildman–Crippen LogP) is 3.46. The molecule has 0 unspecified atom stereocenters. The van der Waals surface area contributed by atoms with Crippen molar-refractivity contribution < 1.29 is 18.7 Å². The van der Waals surface area contributed by atoms with Gasteiger partial charge in [-0.05, 0) is 38.0 Å². The van der Waals surface area contributed by atoms with Gasteiger partial charge in [0, 0.05) is 13.1 Å². The lowest BCUT2D eigenvalue weighted by molar-refractivity contribution is -0.142. The summed E-state index contributed by atoms with van der Waals surface area (Å²) in [6.07, 6.45) is 0.806. The number of nitrogens with zero attached hydrogens (tertiary/aromatic N) is 1. The van der Waals surface area contributed by atoms with E-state index in [-0.39, 0.29) is 30.7 Å². The van der Waals surface area contributed by atoms with Crippen molar-refractivity contribution in [2.45, 2.75) is 39.8 Å². The second-order valence-electron chi connectivity index (χ2n) is 6.70. The van der Waals surface area contributed by atoms with Gasteiger partial charge >= 0.3 is 0 Å². The van der Waals surface area contributed by atoms with Crippen LogP contribution in [-0.2, 0) is 16.1 Å². The number of ether oxygens (including phenoxy) is 1. The molecular formula is C22H27FN2O3. The number of nitrogens with one attached hydrogen (secondary N) is 1. The molecule has 0 bridgehead atoms. The highest BCUT2D eigenvalue weighted by atomic mass is 19.1. The topological polar surface area (TPSA) is 58.6 Å². The lowest BCUT2D eigenvalue weighted by Crippen LogP contribution is -2.49. The van der Waals surface area contributed by atoms with Gasteiger partial charge in [-0.3, -0.25) is 9.59 Å². The highest BCUT2D eigenvalue weighted by Crippen LogP contribution is 2.16. The minimum Gasteiger partial charge on any atom is -0.481 e. The third-order valence-electron chi connectivity index (χ3n) is 4.34. The first-order valence-electron chi connectivity index (χ1n) is 9.42. The van der Waals surface area contributed by atoms with Gasteiger partial charge in [0.15, 0.2) is 18.2 Å². The van der Waals surface area contributed by atoms with E-state index in [0.717, 1.165) is 17.5 Å². The molecule has 2 aromatic rings. The number of carbonyl (C=O) groups is 2. The molecule has 6 heteroatoms. The molecule has 0 aliphatic heterocycles. The Morgan fingerprint density at radius 2 is 1.93 bits per heavy atom. The van der Waals surface area contributed by atoms with Gasteiger partial charge in [-0.25, -0.2) is 4.39 Å². The first kappa shape index (κ1) is 21.4. The fourth-order valence-corrected chi connectivity index (χ4v) is 2.77. The van der Waals surface area contributed by atoms with Crippen molar-refractivity contribution in [3.05, 3.63) is 65.5 Å². The van der Waals surface area contributed by atoms with Gasteiger partial charge in [0.2, 0.25) is 5.91 Å². The molecule has 0 aliphatic carbocycles. The Labute approximate surface area is 165 Å². The van der Waals surface area contributed by atoms with E-state index in [1.807, 2.05) is 38.1 Å². The number of benzene rings is 2. The summed E-state index contributed by atoms with van der Waals surface area (Å²) in [7, 11) is 0. The number of halogens is 1. The van der Waals surface area contributed by atoms with Crippen molar-refractivity contribution in [3.63, 3.8) is 0 Å². The summed E-state index contributed by atoms with van der Waals surface area (Å²) in [5.74, 6) is -1.14. The van der Waals surface area contributed by atoms with Crippen LogP contribution < -0.4 is 10.1 Å². The molecule has 0 saturated heterocycles. The molecule has 0 spiro atoms. The van der Waals surface area contributed by atoms with E-state index < -0.39 is 11.9 Å². The molecule has 0 aromatic heterocycles. The van der Waals surface area contributed by atoms with Crippen molar-refractivity contribution in [2.75, 3.05) is 13.2 Å². The Bertz CT molecular complexity index is 810. The molecule has 0 aliphatic rings. The van der Waals surface area contributed by atoms with Crippen LogP contribution in [0.5, 0.6) is 5.75 Å². The lowest BCUT2D eigenvalue weighted by atomic mass is 10.1. The van der Waals surface area contributed by atoms with Gasteiger partial charge in [-0.1, -0.05) is 48.9 Å². The zero-order chi connectivity index (χ0) is 20.5. The predicted molar refractivity (Wildman–Crippen MR) is 106 cm³/mol. The maximum Gasteiger partial charge on any atom is 0.261 e. The van der Waals surface area contributed by atoms with Gasteiger partial charge in [0.1, 0.15) is 6.04 Å². The fraction of sp³-hybridized carbons (Fsp3) is 0.364. The van der Waals surface area contributed by atoms with Gasteiger partial charge in [-0.2, -0.15) is 0 Å². The maximum absolute atomic E-state index is 13.7. The van der Waals surface area contributed by atoms with Crippen LogP contribution in [0.3, 0.4) is 0 Å². The molecule has 2 aromatic carbocycles. The van der Waals surface area contributed by atoms with Crippen molar-refractivity contribution in [3.8, 4) is 5.75 Å². The molecule has 1 N–H and O–H groups in total. The summed E-state index contributed by atoms with van der Waals surface area (Å²) in [6.45, 7) is 6.07. The quantitative estimate of drug-likeness (QED) is 0.718. The van der Waals surface area contributed by atoms with E-state index >= 15 is 0 Å². The summed E-state index contributed by atoms with van der Waals surface area (Å²) in [6, 6.07) is 13.0. The van der Waals surface area contributed by atoms with Crippen molar-refractivity contribution in [1.29, 1.82) is 0 Å². The average Bonchev–Trinajstić information content (AvgIpc) is 2.69. The number of para-hydroxylation sites is 1. The van der Waals surface area contributed by atoms with Gasteiger partial charge in [0.25, 0.3) is 5.91 Å². The van der Waals surface area contributed by atoms with Crippen LogP contribution in [0.15, 0.2) is 48.5 Å². The molecule has 0 fully saturated rings. The zero-order valence-electron chi connectivity index (χ0n) is 16.6. The Hall–Kier alpha value is -2.89. The largest absolute Gasteiger partial charge is 0.481 e. The summed E-state index contributed by atoms with van der Waals surface area (Å²) in [4.78, 5) is 26.7. The van der Waals surface area contributed by atoms with E-state index in [1.54, 1.807) is 19.1 Å². The minimum atomic E-state index is -0.677. The molecule has 5 nitrogen and oxygen atoms in total. The van der Waals surface area contributed by atoms with E-state index in [1.165, 1.54) is 17.0 Å². The van der Waals surface area contributed by atoms with Gasteiger partial charge in [0.05, 0.1) is 0 Å². The first-order valence-corrected chi connectivity index (χ1v) is 9.42. The highest BCUT2D eigenvalue weighted by Gasteiger charge is 2.26. The monoisotopic (exact) mass is 386 g/mol. The summed E-state index contributed by atoms with van der Waals surface area (Å²) in [5, 5.41) is 2.81. The van der Waals surface area contributed by atoms with Crippen molar-refractivity contribution in [1.82, 2.24) is 10.2 Å². The number of carbonyl (C=O) groups excluding carboxylic acids is 2. The van der Waals surface area contributed by atoms with Crippen molar-refractivity contribution in [2.24, 2.45) is 0 Å². The van der Waals surface area contributed by atoms with Crippen LogP contribution in [0.25, 0.3) is 0 Å². The molecule has 0 saturated carbocycles. The van der Waals surface area contributed by atoms with Gasteiger partial charge < -0.3 is 15.0 Å². The van der Waals surface area contributed by atoms with Crippen LogP contribution in [0, 0.1) is 12.7 Å². The molecule has 1 atom stereocenters. The molecule has 2 rings (SSSR count). The smallest absolute Gasteiger partial charge is 0.261 e. The first-order chi connectivity index (χ1) is 13.4. The number of hydrogen-bond donors (Lipinski definition) is 1. The van der Waals surface area contributed by atoms with Crippen LogP contribution >= 0.6 is 0 Å². The van der Waals surface area contributed by atoms with E-state index in [4.69, 9.17) is 4.74 Å².